The fourth-order valence-corrected chi connectivity index (χ4v) is 4.03. The lowest BCUT2D eigenvalue weighted by Gasteiger charge is -2.34. The lowest BCUT2D eigenvalue weighted by Crippen LogP contribution is -2.48. The molecule has 3 heterocycles. The fourth-order valence-electron chi connectivity index (χ4n) is 3.74. The Bertz CT molecular complexity index is 1010. The largest absolute Gasteiger partial charge is 0.355 e. The van der Waals surface area contributed by atoms with Gasteiger partial charge in [-0.2, -0.15) is 5.10 Å². The van der Waals surface area contributed by atoms with Gasteiger partial charge in [0.2, 0.25) is 0 Å². The van der Waals surface area contributed by atoms with Gasteiger partial charge in [-0.15, -0.1) is 0 Å². The van der Waals surface area contributed by atoms with E-state index in [-0.39, 0.29) is 28.5 Å². The van der Waals surface area contributed by atoms with Gasteiger partial charge in [0.1, 0.15) is 17.3 Å². The molecule has 1 saturated heterocycles. The van der Waals surface area contributed by atoms with E-state index in [0.717, 1.165) is 30.9 Å². The number of amides is 1. The molecule has 27 heavy (non-hydrogen) atoms. The highest BCUT2D eigenvalue weighted by Gasteiger charge is 2.25. The zero-order valence-corrected chi connectivity index (χ0v) is 16.0. The molecule has 0 saturated carbocycles. The molecule has 8 heteroatoms. The van der Waals surface area contributed by atoms with Crippen molar-refractivity contribution in [2.45, 2.75) is 25.8 Å². The van der Waals surface area contributed by atoms with Crippen LogP contribution in [0, 0.1) is 12.7 Å². The molecule has 1 fully saturated rings. The number of fused-ring (bicyclic) bond motifs is 1. The number of halogens is 2. The summed E-state index contributed by atoms with van der Waals surface area (Å²) in [4.78, 5) is 18.0. The second kappa shape index (κ2) is 6.88. The number of carbonyl (C=O) groups is 1. The molecule has 1 atom stereocenters. The number of aromatic nitrogens is 3. The third-order valence-electron chi connectivity index (χ3n) is 4.98. The molecule has 1 unspecified atom stereocenters. The summed E-state index contributed by atoms with van der Waals surface area (Å²) in [7, 11) is 1.92. The van der Waals surface area contributed by atoms with Crippen molar-refractivity contribution in [3.8, 4) is 0 Å². The summed E-state index contributed by atoms with van der Waals surface area (Å²) >= 11 is 6.31. The molecule has 0 spiro atoms. The average molecular weight is 390 g/mol. The van der Waals surface area contributed by atoms with Gasteiger partial charge >= 0.3 is 0 Å². The zero-order chi connectivity index (χ0) is 19.1. The fraction of sp³-hybridized carbons (Fsp3) is 0.368. The van der Waals surface area contributed by atoms with Gasteiger partial charge in [0.15, 0.2) is 0 Å². The Balaban J connectivity index is 1.51. The van der Waals surface area contributed by atoms with Gasteiger partial charge in [0.05, 0.1) is 10.7 Å². The molecule has 0 radical (unpaired) electrons. The second-order valence-corrected chi connectivity index (χ2v) is 7.41. The van der Waals surface area contributed by atoms with Gasteiger partial charge in [-0.05, 0) is 38.0 Å². The van der Waals surface area contributed by atoms with Crippen molar-refractivity contribution in [3.63, 3.8) is 0 Å². The smallest absolute Gasteiger partial charge is 0.269 e. The molecule has 1 aliphatic heterocycles. The highest BCUT2D eigenvalue weighted by molar-refractivity contribution is 6.38. The van der Waals surface area contributed by atoms with Crippen LogP contribution in [0.1, 0.15) is 29.0 Å². The molecule has 1 aromatic carbocycles. The van der Waals surface area contributed by atoms with Crippen LogP contribution in [0.5, 0.6) is 0 Å². The number of H-pyrrole nitrogens is 1. The maximum Gasteiger partial charge on any atom is 0.269 e. The lowest BCUT2D eigenvalue weighted by molar-refractivity contribution is 0.0929. The first-order valence-electron chi connectivity index (χ1n) is 8.95. The molecule has 2 N–H and O–H groups in total. The Kier molecular flexibility index (Phi) is 4.55. The Morgan fingerprint density at radius 1 is 1.41 bits per heavy atom. The van der Waals surface area contributed by atoms with Crippen LogP contribution in [-0.4, -0.2) is 39.8 Å². The van der Waals surface area contributed by atoms with Crippen LogP contribution in [0.15, 0.2) is 24.3 Å². The van der Waals surface area contributed by atoms with Gasteiger partial charge in [-0.25, -0.2) is 4.39 Å². The van der Waals surface area contributed by atoms with Crippen molar-refractivity contribution < 1.29 is 9.18 Å². The Morgan fingerprint density at radius 3 is 2.96 bits per heavy atom. The van der Waals surface area contributed by atoms with E-state index in [2.05, 4.69) is 20.3 Å². The minimum atomic E-state index is -0.384. The normalized spacial score (nSPS) is 17.5. The van der Waals surface area contributed by atoms with E-state index in [0.29, 0.717) is 17.4 Å². The predicted molar refractivity (Wildman–Crippen MR) is 104 cm³/mol. The van der Waals surface area contributed by atoms with Crippen molar-refractivity contribution in [2.24, 2.45) is 7.05 Å². The number of hydrogen-bond acceptors (Lipinski definition) is 3. The lowest BCUT2D eigenvalue weighted by atomic mass is 10.1. The number of nitrogens with one attached hydrogen (secondary N) is 2. The molecule has 142 valence electrons. The number of anilines is 1. The van der Waals surface area contributed by atoms with Crippen LogP contribution in [0.25, 0.3) is 10.9 Å². The average Bonchev–Trinajstić information content (AvgIpc) is 3.14. The molecule has 0 aliphatic carbocycles. The third-order valence-corrected chi connectivity index (χ3v) is 5.37. The van der Waals surface area contributed by atoms with Gasteiger partial charge < -0.3 is 15.2 Å². The van der Waals surface area contributed by atoms with E-state index < -0.39 is 0 Å². The molecule has 1 aliphatic rings. The van der Waals surface area contributed by atoms with Gasteiger partial charge in [0.25, 0.3) is 5.91 Å². The molecular formula is C19H21ClFN5O. The first-order valence-corrected chi connectivity index (χ1v) is 9.33. The molecule has 3 aromatic rings. The Morgan fingerprint density at radius 2 is 2.22 bits per heavy atom. The second-order valence-electron chi connectivity index (χ2n) is 7.03. The van der Waals surface area contributed by atoms with E-state index >= 15 is 0 Å². The van der Waals surface area contributed by atoms with Gasteiger partial charge in [-0.3, -0.25) is 9.48 Å². The molecule has 1 amide bonds. The summed E-state index contributed by atoms with van der Waals surface area (Å²) in [5, 5.41) is 8.21. The van der Waals surface area contributed by atoms with E-state index in [4.69, 9.17) is 11.6 Å². The highest BCUT2D eigenvalue weighted by Crippen LogP contribution is 2.28. The van der Waals surface area contributed by atoms with Crippen LogP contribution in [0.4, 0.5) is 10.2 Å². The van der Waals surface area contributed by atoms with Crippen molar-refractivity contribution in [1.29, 1.82) is 0 Å². The van der Waals surface area contributed by atoms with Gasteiger partial charge in [0, 0.05) is 43.1 Å². The number of aromatic amines is 1. The summed E-state index contributed by atoms with van der Waals surface area (Å²) in [6, 6.07) is 6.30. The standard InChI is InChI=1S/C19H21ClFN5O/c1-11-8-16(25(2)24-11)26-7-3-4-13(10-26)22-19(27)18-17(20)14-9-12(21)5-6-15(14)23-18/h5-6,8-9,13,23H,3-4,7,10H2,1-2H3,(H,22,27). The monoisotopic (exact) mass is 389 g/mol. The van der Waals surface area contributed by atoms with E-state index in [1.54, 1.807) is 6.07 Å². The van der Waals surface area contributed by atoms with Crippen molar-refractivity contribution >= 4 is 34.2 Å². The number of piperidine rings is 1. The van der Waals surface area contributed by atoms with Crippen LogP contribution in [-0.2, 0) is 7.05 Å². The molecular weight excluding hydrogens is 369 g/mol. The third kappa shape index (κ3) is 3.39. The number of nitrogens with zero attached hydrogens (tertiary/aromatic N) is 3. The number of rotatable bonds is 3. The molecule has 0 bridgehead atoms. The summed E-state index contributed by atoms with van der Waals surface area (Å²) < 4.78 is 15.3. The van der Waals surface area contributed by atoms with E-state index in [9.17, 15) is 9.18 Å². The molecule has 6 nitrogen and oxygen atoms in total. The maximum atomic E-state index is 13.5. The summed E-state index contributed by atoms with van der Waals surface area (Å²) in [5.74, 6) is 0.389. The number of aryl methyl sites for hydroxylation is 2. The summed E-state index contributed by atoms with van der Waals surface area (Å²) in [6.45, 7) is 3.60. The van der Waals surface area contributed by atoms with Crippen LogP contribution in [0.2, 0.25) is 5.02 Å². The topological polar surface area (TPSA) is 66.0 Å². The quantitative estimate of drug-likeness (QED) is 0.721. The minimum absolute atomic E-state index is 0.000621. The maximum absolute atomic E-state index is 13.5. The number of hydrogen-bond donors (Lipinski definition) is 2. The first kappa shape index (κ1) is 17.9. The van der Waals surface area contributed by atoms with E-state index in [1.807, 2.05) is 24.7 Å². The molecule has 4 rings (SSSR count). The zero-order valence-electron chi connectivity index (χ0n) is 15.2. The van der Waals surface area contributed by atoms with Crippen molar-refractivity contribution in [3.05, 3.63) is 46.5 Å². The molecule has 2 aromatic heterocycles. The van der Waals surface area contributed by atoms with Gasteiger partial charge in [-0.1, -0.05) is 11.6 Å². The Hall–Kier alpha value is -2.54. The number of benzene rings is 1. The Labute approximate surface area is 161 Å². The predicted octanol–water partition coefficient (Wildman–Crippen LogP) is 3.40. The first-order chi connectivity index (χ1) is 12.9. The van der Waals surface area contributed by atoms with Crippen LogP contribution >= 0.6 is 11.6 Å². The minimum Gasteiger partial charge on any atom is -0.355 e. The van der Waals surface area contributed by atoms with E-state index in [1.165, 1.54) is 12.1 Å². The highest BCUT2D eigenvalue weighted by atomic mass is 35.5. The number of carbonyl (C=O) groups excluding carboxylic acids is 1. The SMILES string of the molecule is Cc1cc(N2CCCC(NC(=O)c3[nH]c4ccc(F)cc4c3Cl)C2)n(C)n1. The summed E-state index contributed by atoms with van der Waals surface area (Å²) in [5.41, 5.74) is 1.88. The van der Waals surface area contributed by atoms with Crippen molar-refractivity contribution in [1.82, 2.24) is 20.1 Å². The van der Waals surface area contributed by atoms with Crippen LogP contribution < -0.4 is 10.2 Å². The van der Waals surface area contributed by atoms with Crippen molar-refractivity contribution in [2.75, 3.05) is 18.0 Å². The summed E-state index contributed by atoms with van der Waals surface area (Å²) in [6.07, 6.45) is 1.87. The van der Waals surface area contributed by atoms with Crippen LogP contribution in [0.3, 0.4) is 0 Å².